The second kappa shape index (κ2) is 3.42. The van der Waals surface area contributed by atoms with Crippen molar-refractivity contribution in [1.82, 2.24) is 5.01 Å². The van der Waals surface area contributed by atoms with Crippen LogP contribution in [0, 0.1) is 0 Å². The number of hydrogen-bond donors (Lipinski definition) is 2. The molecule has 2 N–H and O–H groups in total. The molecule has 1 rings (SSSR count). The average Bonchev–Trinajstić information content (AvgIpc) is 2.04. The van der Waals surface area contributed by atoms with Gasteiger partial charge in [0.1, 0.15) is 0 Å². The fourth-order valence-electron chi connectivity index (χ4n) is 1.03. The van der Waals surface area contributed by atoms with Crippen LogP contribution in [0.5, 0.6) is 0 Å². The van der Waals surface area contributed by atoms with E-state index < -0.39 is 0 Å². The van der Waals surface area contributed by atoms with E-state index in [0.717, 1.165) is 25.9 Å². The Balaban J connectivity index is 2.55. The zero-order chi connectivity index (χ0) is 7.56. The summed E-state index contributed by atoms with van der Waals surface area (Å²) in [6, 6.07) is 0. The molecule has 3 heteroatoms. The number of thiol groups is 1. The SMILES string of the molecule is CC1=C(S)CCN(N)CC1. The summed E-state index contributed by atoms with van der Waals surface area (Å²) < 4.78 is 0. The maximum atomic E-state index is 5.63. The van der Waals surface area contributed by atoms with Crippen LogP contribution in [-0.2, 0) is 0 Å². The second-order valence-electron chi connectivity index (χ2n) is 2.76. The van der Waals surface area contributed by atoms with Gasteiger partial charge in [0.05, 0.1) is 0 Å². The van der Waals surface area contributed by atoms with Gasteiger partial charge in [0.2, 0.25) is 0 Å². The first-order valence-electron chi connectivity index (χ1n) is 3.57. The minimum Gasteiger partial charge on any atom is -0.269 e. The van der Waals surface area contributed by atoms with E-state index in [2.05, 4.69) is 19.6 Å². The predicted octanol–water partition coefficient (Wildman–Crippen LogP) is 1.16. The lowest BCUT2D eigenvalue weighted by Crippen LogP contribution is -2.31. The van der Waals surface area contributed by atoms with Crippen LogP contribution in [-0.4, -0.2) is 18.1 Å². The quantitative estimate of drug-likeness (QED) is 0.409. The smallest absolute Gasteiger partial charge is 0.0174 e. The van der Waals surface area contributed by atoms with Gasteiger partial charge in [0.25, 0.3) is 0 Å². The summed E-state index contributed by atoms with van der Waals surface area (Å²) in [5, 5.41) is 1.85. The van der Waals surface area contributed by atoms with Crippen molar-refractivity contribution in [3.05, 3.63) is 10.5 Å². The Kier molecular flexibility index (Phi) is 2.77. The lowest BCUT2D eigenvalue weighted by molar-refractivity contribution is 0.298. The van der Waals surface area contributed by atoms with Gasteiger partial charge in [-0.2, -0.15) is 0 Å². The molecule has 0 aliphatic carbocycles. The summed E-state index contributed by atoms with van der Waals surface area (Å²) in [5.41, 5.74) is 1.39. The van der Waals surface area contributed by atoms with Crippen LogP contribution < -0.4 is 5.84 Å². The molecule has 10 heavy (non-hydrogen) atoms. The van der Waals surface area contributed by atoms with Gasteiger partial charge in [0, 0.05) is 13.1 Å². The zero-order valence-corrected chi connectivity index (χ0v) is 7.19. The molecule has 0 aromatic carbocycles. The van der Waals surface area contributed by atoms with E-state index in [9.17, 15) is 0 Å². The minimum atomic E-state index is 0.941. The predicted molar refractivity (Wildman–Crippen MR) is 46.7 cm³/mol. The summed E-state index contributed by atoms with van der Waals surface area (Å²) in [6.07, 6.45) is 2.07. The number of rotatable bonds is 0. The van der Waals surface area contributed by atoms with Crippen molar-refractivity contribution < 1.29 is 0 Å². The van der Waals surface area contributed by atoms with Gasteiger partial charge < -0.3 is 0 Å². The van der Waals surface area contributed by atoms with Gasteiger partial charge in [-0.3, -0.25) is 5.84 Å². The van der Waals surface area contributed by atoms with Crippen molar-refractivity contribution in [3.63, 3.8) is 0 Å². The molecule has 0 bridgehead atoms. The lowest BCUT2D eigenvalue weighted by Gasteiger charge is -2.11. The minimum absolute atomic E-state index is 0.941. The summed E-state index contributed by atoms with van der Waals surface area (Å²) in [4.78, 5) is 1.22. The Labute approximate surface area is 67.5 Å². The average molecular weight is 158 g/mol. The van der Waals surface area contributed by atoms with Gasteiger partial charge in [-0.15, -0.1) is 12.6 Å². The van der Waals surface area contributed by atoms with Crippen LogP contribution in [0.4, 0.5) is 0 Å². The monoisotopic (exact) mass is 158 g/mol. The number of hydrazine groups is 1. The van der Waals surface area contributed by atoms with Crippen molar-refractivity contribution in [2.75, 3.05) is 13.1 Å². The fraction of sp³-hybridized carbons (Fsp3) is 0.714. The molecular formula is C7H14N2S. The van der Waals surface area contributed by atoms with Crippen LogP contribution >= 0.6 is 12.6 Å². The molecule has 0 aromatic heterocycles. The standard InChI is InChI=1S/C7H14N2S/c1-6-2-4-9(8)5-3-7(6)10/h10H,2-5,8H2,1H3. The second-order valence-corrected chi connectivity index (χ2v) is 3.30. The van der Waals surface area contributed by atoms with Gasteiger partial charge in [-0.1, -0.05) is 5.57 Å². The van der Waals surface area contributed by atoms with E-state index >= 15 is 0 Å². The van der Waals surface area contributed by atoms with Gasteiger partial charge >= 0.3 is 0 Å². The highest BCUT2D eigenvalue weighted by Crippen LogP contribution is 2.18. The van der Waals surface area contributed by atoms with E-state index in [1.165, 1.54) is 10.5 Å². The Hall–Kier alpha value is 0.01000. The number of nitrogens with two attached hydrogens (primary N) is 1. The largest absolute Gasteiger partial charge is 0.269 e. The van der Waals surface area contributed by atoms with Gasteiger partial charge in [0.15, 0.2) is 0 Å². The van der Waals surface area contributed by atoms with E-state index in [0.29, 0.717) is 0 Å². The molecule has 0 aromatic rings. The summed E-state index contributed by atoms with van der Waals surface area (Å²) in [7, 11) is 0. The zero-order valence-electron chi connectivity index (χ0n) is 6.30. The number of hydrogen-bond acceptors (Lipinski definition) is 3. The van der Waals surface area contributed by atoms with E-state index in [1.807, 2.05) is 5.01 Å². The molecular weight excluding hydrogens is 144 g/mol. The summed E-state index contributed by atoms with van der Waals surface area (Å²) >= 11 is 4.36. The summed E-state index contributed by atoms with van der Waals surface area (Å²) in [5.74, 6) is 5.63. The van der Waals surface area contributed by atoms with Gasteiger partial charge in [-0.05, 0) is 24.7 Å². The third-order valence-electron chi connectivity index (χ3n) is 1.90. The van der Waals surface area contributed by atoms with Crippen LogP contribution in [0.1, 0.15) is 19.8 Å². The maximum absolute atomic E-state index is 5.63. The Morgan fingerprint density at radius 3 is 2.70 bits per heavy atom. The molecule has 0 saturated heterocycles. The highest BCUT2D eigenvalue weighted by molar-refractivity contribution is 7.84. The molecule has 1 aliphatic heterocycles. The molecule has 1 heterocycles. The molecule has 0 saturated carbocycles. The van der Waals surface area contributed by atoms with E-state index in [-0.39, 0.29) is 0 Å². The molecule has 0 spiro atoms. The van der Waals surface area contributed by atoms with Crippen molar-refractivity contribution in [1.29, 1.82) is 0 Å². The third kappa shape index (κ3) is 2.01. The maximum Gasteiger partial charge on any atom is 0.0174 e. The molecule has 1 aliphatic rings. The fourth-order valence-corrected chi connectivity index (χ4v) is 1.24. The molecule has 58 valence electrons. The highest BCUT2D eigenvalue weighted by atomic mass is 32.1. The van der Waals surface area contributed by atoms with Crippen LogP contribution in [0.2, 0.25) is 0 Å². The van der Waals surface area contributed by atoms with Crippen molar-refractivity contribution in [3.8, 4) is 0 Å². The first-order chi connectivity index (χ1) is 4.70. The van der Waals surface area contributed by atoms with Crippen molar-refractivity contribution in [2.24, 2.45) is 5.84 Å². The molecule has 0 amide bonds. The van der Waals surface area contributed by atoms with Crippen LogP contribution in [0.15, 0.2) is 10.5 Å². The Bertz CT molecular complexity index is 138. The topological polar surface area (TPSA) is 29.3 Å². The summed E-state index contributed by atoms with van der Waals surface area (Å²) in [6.45, 7) is 4.04. The van der Waals surface area contributed by atoms with Gasteiger partial charge in [-0.25, -0.2) is 5.01 Å². The van der Waals surface area contributed by atoms with E-state index in [1.54, 1.807) is 0 Å². The van der Waals surface area contributed by atoms with E-state index in [4.69, 9.17) is 5.84 Å². The lowest BCUT2D eigenvalue weighted by atomic mass is 10.2. The number of nitrogens with zero attached hydrogens (tertiary/aromatic N) is 1. The molecule has 2 nitrogen and oxygen atoms in total. The highest BCUT2D eigenvalue weighted by Gasteiger charge is 2.07. The Morgan fingerprint density at radius 1 is 1.40 bits per heavy atom. The van der Waals surface area contributed by atoms with Crippen LogP contribution in [0.3, 0.4) is 0 Å². The molecule has 0 unspecified atom stereocenters. The molecule has 0 atom stereocenters. The van der Waals surface area contributed by atoms with Crippen molar-refractivity contribution in [2.45, 2.75) is 19.8 Å². The third-order valence-corrected chi connectivity index (χ3v) is 2.51. The first-order valence-corrected chi connectivity index (χ1v) is 4.02. The normalized spacial score (nSPS) is 23.1. The van der Waals surface area contributed by atoms with Crippen molar-refractivity contribution >= 4 is 12.6 Å². The molecule has 0 radical (unpaired) electrons. The van der Waals surface area contributed by atoms with Crippen LogP contribution in [0.25, 0.3) is 0 Å². The first kappa shape index (κ1) is 8.11. The Morgan fingerprint density at radius 2 is 2.00 bits per heavy atom. The molecule has 0 fully saturated rings.